The zero-order valence-electron chi connectivity index (χ0n) is 9.59. The highest BCUT2D eigenvalue weighted by atomic mass is 32.1. The third-order valence-electron chi connectivity index (χ3n) is 2.12. The maximum atomic E-state index is 10.8. The molecule has 8 heteroatoms. The highest BCUT2D eigenvalue weighted by molar-refractivity contribution is 7.76. The van der Waals surface area contributed by atoms with E-state index in [-0.39, 0.29) is 38.7 Å². The Bertz CT molecular complexity index is 418. The second kappa shape index (κ2) is 9.72. The van der Waals surface area contributed by atoms with Gasteiger partial charge in [0.05, 0.1) is 38.7 Å². The SMILES string of the molecule is O=S=C(CCCCCC(=O)O)C(CC(=O)O)=S=O. The molecule has 0 bridgehead atoms. The molecule has 0 aliphatic rings. The minimum absolute atomic E-state index is 0.0335. The Labute approximate surface area is 111 Å². The Morgan fingerprint density at radius 1 is 0.778 bits per heavy atom. The molecule has 18 heavy (non-hydrogen) atoms. The molecular weight excluding hydrogens is 280 g/mol. The lowest BCUT2D eigenvalue weighted by Gasteiger charge is -2.02. The highest BCUT2D eigenvalue weighted by Crippen LogP contribution is 2.05. The number of aliphatic carboxylic acids is 2. The van der Waals surface area contributed by atoms with Crippen LogP contribution in [0.15, 0.2) is 0 Å². The van der Waals surface area contributed by atoms with Crippen molar-refractivity contribution in [2.75, 3.05) is 0 Å². The van der Waals surface area contributed by atoms with Gasteiger partial charge in [0.1, 0.15) is 0 Å². The maximum absolute atomic E-state index is 10.8. The van der Waals surface area contributed by atoms with Crippen molar-refractivity contribution in [3.63, 3.8) is 0 Å². The van der Waals surface area contributed by atoms with Gasteiger partial charge < -0.3 is 10.2 Å². The first-order chi connectivity index (χ1) is 8.51. The Balaban J connectivity index is 4.20. The van der Waals surface area contributed by atoms with E-state index in [1.807, 2.05) is 0 Å². The summed E-state index contributed by atoms with van der Waals surface area (Å²) in [4.78, 5) is 21.0. The summed E-state index contributed by atoms with van der Waals surface area (Å²) in [6, 6.07) is 0. The van der Waals surface area contributed by atoms with Crippen LogP contribution < -0.4 is 0 Å². The van der Waals surface area contributed by atoms with Gasteiger partial charge in [-0.15, -0.1) is 0 Å². The largest absolute Gasteiger partial charge is 0.481 e. The van der Waals surface area contributed by atoms with Crippen molar-refractivity contribution in [1.29, 1.82) is 0 Å². The van der Waals surface area contributed by atoms with Crippen molar-refractivity contribution in [3.8, 4) is 0 Å². The van der Waals surface area contributed by atoms with Crippen LogP contribution in [-0.4, -0.2) is 40.3 Å². The third-order valence-corrected chi connectivity index (χ3v) is 3.49. The Hall–Kier alpha value is -1.28. The van der Waals surface area contributed by atoms with Crippen LogP contribution in [0.5, 0.6) is 0 Å². The average Bonchev–Trinajstić information content (AvgIpc) is 2.30. The zero-order chi connectivity index (χ0) is 14.0. The van der Waals surface area contributed by atoms with Gasteiger partial charge in [0, 0.05) is 6.42 Å². The van der Waals surface area contributed by atoms with Gasteiger partial charge in [-0.1, -0.05) is 6.42 Å². The quantitative estimate of drug-likeness (QED) is 0.466. The monoisotopic (exact) mass is 294 g/mol. The van der Waals surface area contributed by atoms with Crippen LogP contribution >= 0.6 is 0 Å². The van der Waals surface area contributed by atoms with Crippen LogP contribution in [0.4, 0.5) is 0 Å². The molecule has 0 aliphatic carbocycles. The van der Waals surface area contributed by atoms with E-state index in [4.69, 9.17) is 10.2 Å². The van der Waals surface area contributed by atoms with Gasteiger partial charge in [0.25, 0.3) is 0 Å². The number of hydrogen-bond acceptors (Lipinski definition) is 4. The van der Waals surface area contributed by atoms with Gasteiger partial charge in [-0.3, -0.25) is 9.59 Å². The molecule has 6 nitrogen and oxygen atoms in total. The molecule has 0 radical (unpaired) electrons. The lowest BCUT2D eigenvalue weighted by atomic mass is 10.1. The molecule has 0 aromatic heterocycles. The molecule has 0 aliphatic heterocycles. The smallest absolute Gasteiger partial charge is 0.308 e. The van der Waals surface area contributed by atoms with Gasteiger partial charge >= 0.3 is 11.9 Å². The molecule has 0 aromatic rings. The topological polar surface area (TPSA) is 109 Å². The summed E-state index contributed by atoms with van der Waals surface area (Å²) in [6.45, 7) is 0. The summed E-state index contributed by atoms with van der Waals surface area (Å²) in [5.41, 5.74) is 0. The summed E-state index contributed by atoms with van der Waals surface area (Å²) in [6.07, 6.45) is 1.66. The second-order valence-corrected chi connectivity index (χ2v) is 4.86. The number of carbonyl (C=O) groups is 2. The van der Waals surface area contributed by atoms with Crippen molar-refractivity contribution in [3.05, 3.63) is 0 Å². The standard InChI is InChI=1S/C10H14O6S2/c11-9(12)5-3-1-2-4-7(17-15)8(18-16)6-10(13)14/h1-6H2,(H,11,12)(H,13,14). The van der Waals surface area contributed by atoms with E-state index in [0.29, 0.717) is 25.7 Å². The summed E-state index contributed by atoms with van der Waals surface area (Å²) < 4.78 is 21.5. The van der Waals surface area contributed by atoms with E-state index in [1.54, 1.807) is 0 Å². The molecule has 102 valence electrons. The Kier molecular flexibility index (Phi) is 9.03. The van der Waals surface area contributed by atoms with Crippen molar-refractivity contribution in [2.24, 2.45) is 0 Å². The zero-order valence-corrected chi connectivity index (χ0v) is 11.2. The van der Waals surface area contributed by atoms with Crippen molar-refractivity contribution < 1.29 is 28.2 Å². The fourth-order valence-electron chi connectivity index (χ4n) is 1.28. The second-order valence-electron chi connectivity index (χ2n) is 3.54. The molecule has 0 atom stereocenters. The van der Waals surface area contributed by atoms with Crippen LogP contribution in [0.2, 0.25) is 0 Å². The van der Waals surface area contributed by atoms with Crippen LogP contribution in [0.25, 0.3) is 0 Å². The number of hydrogen-bond donors (Lipinski definition) is 2. The van der Waals surface area contributed by atoms with E-state index >= 15 is 0 Å². The molecule has 0 rings (SSSR count). The molecule has 0 aromatic carbocycles. The molecule has 0 heterocycles. The summed E-state index contributed by atoms with van der Waals surface area (Å²) in [5.74, 6) is -2.02. The van der Waals surface area contributed by atoms with Gasteiger partial charge in [-0.2, -0.15) is 0 Å². The van der Waals surface area contributed by atoms with Crippen molar-refractivity contribution in [2.45, 2.75) is 38.5 Å². The summed E-state index contributed by atoms with van der Waals surface area (Å²) in [7, 11) is 0. The minimum atomic E-state index is -1.15. The maximum Gasteiger partial charge on any atom is 0.308 e. The fourth-order valence-corrected chi connectivity index (χ4v) is 2.25. The molecule has 0 saturated heterocycles. The van der Waals surface area contributed by atoms with E-state index in [9.17, 15) is 18.0 Å². The van der Waals surface area contributed by atoms with Crippen molar-refractivity contribution >= 4 is 44.2 Å². The normalized spacial score (nSPS) is 9.56. The molecule has 0 amide bonds. The van der Waals surface area contributed by atoms with E-state index < -0.39 is 18.4 Å². The van der Waals surface area contributed by atoms with Crippen LogP contribution in [0, 0.1) is 0 Å². The van der Waals surface area contributed by atoms with Gasteiger partial charge in [0.15, 0.2) is 0 Å². The number of carboxylic acids is 2. The molecule has 2 N–H and O–H groups in total. The highest BCUT2D eigenvalue weighted by Gasteiger charge is 2.12. The summed E-state index contributed by atoms with van der Waals surface area (Å²) >= 11 is 0.172. The van der Waals surface area contributed by atoms with Crippen LogP contribution in [0.3, 0.4) is 0 Å². The van der Waals surface area contributed by atoms with E-state index in [1.165, 1.54) is 0 Å². The van der Waals surface area contributed by atoms with E-state index in [2.05, 4.69) is 0 Å². The minimum Gasteiger partial charge on any atom is -0.481 e. The average molecular weight is 294 g/mol. The number of unbranched alkanes of at least 4 members (excludes halogenated alkanes) is 2. The van der Waals surface area contributed by atoms with Crippen LogP contribution in [-0.2, 0) is 32.1 Å². The molecule has 0 fully saturated rings. The molecular formula is C10H14O6S2. The predicted molar refractivity (Wildman–Crippen MR) is 69.3 cm³/mol. The van der Waals surface area contributed by atoms with Gasteiger partial charge in [-0.25, -0.2) is 8.42 Å². The van der Waals surface area contributed by atoms with Gasteiger partial charge in [-0.05, 0) is 19.3 Å². The Morgan fingerprint density at radius 2 is 1.33 bits per heavy atom. The first kappa shape index (κ1) is 16.7. The van der Waals surface area contributed by atoms with E-state index in [0.717, 1.165) is 0 Å². The first-order valence-electron chi connectivity index (χ1n) is 5.26. The number of carboxylic acid groups (broad SMARTS) is 2. The van der Waals surface area contributed by atoms with Gasteiger partial charge in [0.2, 0.25) is 0 Å². The Morgan fingerprint density at radius 3 is 1.78 bits per heavy atom. The van der Waals surface area contributed by atoms with Crippen molar-refractivity contribution in [1.82, 2.24) is 0 Å². The predicted octanol–water partition coefficient (Wildman–Crippen LogP) is 0.267. The fraction of sp³-hybridized carbons (Fsp3) is 0.600. The number of rotatable bonds is 9. The first-order valence-corrected chi connectivity index (χ1v) is 6.74. The summed E-state index contributed by atoms with van der Waals surface area (Å²) in [5, 5.41) is 17.0. The lowest BCUT2D eigenvalue weighted by molar-refractivity contribution is -0.137. The lowest BCUT2D eigenvalue weighted by Crippen LogP contribution is -2.18. The van der Waals surface area contributed by atoms with Crippen LogP contribution in [0.1, 0.15) is 38.5 Å². The molecule has 0 unspecified atom stereocenters. The molecule has 0 saturated carbocycles. The molecule has 0 spiro atoms. The third kappa shape index (κ3) is 7.91.